The summed E-state index contributed by atoms with van der Waals surface area (Å²) in [6.45, 7) is 5.41. The Bertz CT molecular complexity index is 871. The van der Waals surface area contributed by atoms with Crippen molar-refractivity contribution in [3.63, 3.8) is 0 Å². The highest BCUT2D eigenvalue weighted by Gasteiger charge is 2.34. The highest BCUT2D eigenvalue weighted by atomic mass is 16.5. The van der Waals surface area contributed by atoms with E-state index in [2.05, 4.69) is 29.6 Å². The quantitative estimate of drug-likeness (QED) is 0.510. The number of hydrogen-bond donors (Lipinski definition) is 2. The second kappa shape index (κ2) is 10.3. The maximum Gasteiger partial charge on any atom is 0.165 e. The molecule has 158 valence electrons. The molecule has 0 aliphatic rings. The highest BCUT2D eigenvalue weighted by molar-refractivity contribution is 5.46. The van der Waals surface area contributed by atoms with E-state index in [1.807, 2.05) is 68.4 Å². The predicted molar refractivity (Wildman–Crippen MR) is 121 cm³/mol. The summed E-state index contributed by atoms with van der Waals surface area (Å²) in [5.41, 5.74) is 2.18. The molecule has 0 saturated heterocycles. The number of nitrogens with one attached hydrogen (secondary N) is 1. The molecule has 30 heavy (non-hydrogen) atoms. The van der Waals surface area contributed by atoms with Gasteiger partial charge in [-0.15, -0.1) is 0 Å². The Morgan fingerprint density at radius 3 is 2.03 bits per heavy atom. The zero-order valence-corrected chi connectivity index (χ0v) is 18.0. The molecule has 4 nitrogen and oxygen atoms in total. The molecule has 0 bridgehead atoms. The summed E-state index contributed by atoms with van der Waals surface area (Å²) in [5.74, 6) is 1.32. The van der Waals surface area contributed by atoms with Gasteiger partial charge < -0.3 is 19.9 Å². The minimum absolute atomic E-state index is 0.149. The summed E-state index contributed by atoms with van der Waals surface area (Å²) in [6, 6.07) is 26.2. The molecule has 0 spiro atoms. The minimum atomic E-state index is -0.993. The van der Waals surface area contributed by atoms with Gasteiger partial charge in [0.1, 0.15) is 0 Å². The van der Waals surface area contributed by atoms with E-state index in [0.717, 1.165) is 28.2 Å². The molecule has 0 saturated carbocycles. The Kier molecular flexibility index (Phi) is 7.50. The van der Waals surface area contributed by atoms with E-state index >= 15 is 0 Å². The van der Waals surface area contributed by atoms with Crippen LogP contribution in [0.5, 0.6) is 11.5 Å². The minimum Gasteiger partial charge on any atom is -0.493 e. The molecule has 0 fully saturated rings. The Hall–Kier alpha value is -2.82. The molecule has 0 unspecified atom stereocenters. The summed E-state index contributed by atoms with van der Waals surface area (Å²) < 4.78 is 11.2. The van der Waals surface area contributed by atoms with Crippen LogP contribution in [0, 0.1) is 0 Å². The molecule has 3 rings (SSSR count). The normalized spacial score (nSPS) is 13.1. The number of aliphatic hydroxyl groups is 1. The van der Waals surface area contributed by atoms with Gasteiger partial charge in [-0.1, -0.05) is 72.8 Å². The molecular weight excluding hydrogens is 374 g/mol. The number of benzene rings is 3. The highest BCUT2D eigenvalue weighted by Crippen LogP contribution is 2.35. The van der Waals surface area contributed by atoms with Gasteiger partial charge in [0.05, 0.1) is 19.3 Å². The average Bonchev–Trinajstić information content (AvgIpc) is 2.75. The van der Waals surface area contributed by atoms with Crippen LogP contribution in [0.1, 0.15) is 36.5 Å². The van der Waals surface area contributed by atoms with E-state index in [1.54, 1.807) is 7.11 Å². The SMILES string of the molecule is CCOc1cccc(CNC[C@](C)(O)C(c2ccccc2)c2ccccc2)c1OC. The number of ether oxygens (including phenoxy) is 2. The van der Waals surface area contributed by atoms with Crippen LogP contribution in [0.15, 0.2) is 78.9 Å². The van der Waals surface area contributed by atoms with Crippen molar-refractivity contribution in [1.29, 1.82) is 0 Å². The van der Waals surface area contributed by atoms with Crippen LogP contribution in [-0.2, 0) is 6.54 Å². The zero-order valence-electron chi connectivity index (χ0n) is 18.0. The van der Waals surface area contributed by atoms with E-state index < -0.39 is 5.60 Å². The van der Waals surface area contributed by atoms with E-state index in [0.29, 0.717) is 19.7 Å². The third-order valence-corrected chi connectivity index (χ3v) is 5.25. The van der Waals surface area contributed by atoms with E-state index in [4.69, 9.17) is 9.47 Å². The van der Waals surface area contributed by atoms with Gasteiger partial charge in [0, 0.05) is 24.6 Å². The second-order valence-electron chi connectivity index (χ2n) is 7.60. The van der Waals surface area contributed by atoms with Crippen LogP contribution >= 0.6 is 0 Å². The lowest BCUT2D eigenvalue weighted by Gasteiger charge is -2.34. The van der Waals surface area contributed by atoms with Gasteiger partial charge in [-0.05, 0) is 31.0 Å². The third-order valence-electron chi connectivity index (χ3n) is 5.25. The van der Waals surface area contributed by atoms with E-state index in [-0.39, 0.29) is 5.92 Å². The number of hydrogen-bond acceptors (Lipinski definition) is 4. The van der Waals surface area contributed by atoms with Gasteiger partial charge in [0.25, 0.3) is 0 Å². The lowest BCUT2D eigenvalue weighted by molar-refractivity contribution is 0.0425. The molecule has 0 aliphatic carbocycles. The molecule has 3 aromatic carbocycles. The molecule has 0 heterocycles. The molecule has 3 aromatic rings. The van der Waals surface area contributed by atoms with E-state index in [9.17, 15) is 5.11 Å². The van der Waals surface area contributed by atoms with E-state index in [1.165, 1.54) is 0 Å². The van der Waals surface area contributed by atoms with Gasteiger partial charge in [0.2, 0.25) is 0 Å². The topological polar surface area (TPSA) is 50.7 Å². The number of rotatable bonds is 10. The largest absolute Gasteiger partial charge is 0.493 e. The van der Waals surface area contributed by atoms with Gasteiger partial charge in [0.15, 0.2) is 11.5 Å². The van der Waals surface area contributed by atoms with Crippen molar-refractivity contribution < 1.29 is 14.6 Å². The van der Waals surface area contributed by atoms with Crippen molar-refractivity contribution >= 4 is 0 Å². The average molecular weight is 406 g/mol. The first-order valence-electron chi connectivity index (χ1n) is 10.4. The summed E-state index contributed by atoms with van der Waals surface area (Å²) in [7, 11) is 1.65. The molecule has 1 atom stereocenters. The van der Waals surface area contributed by atoms with Crippen LogP contribution in [0.3, 0.4) is 0 Å². The first-order chi connectivity index (χ1) is 14.6. The van der Waals surface area contributed by atoms with Crippen molar-refractivity contribution in [3.8, 4) is 11.5 Å². The van der Waals surface area contributed by atoms with Crippen molar-refractivity contribution in [2.75, 3.05) is 20.3 Å². The Labute approximate surface area is 179 Å². The predicted octanol–water partition coefficient (Wildman–Crippen LogP) is 4.77. The zero-order chi connectivity index (χ0) is 21.4. The fourth-order valence-electron chi connectivity index (χ4n) is 3.96. The van der Waals surface area contributed by atoms with Gasteiger partial charge in [-0.25, -0.2) is 0 Å². The fourth-order valence-corrected chi connectivity index (χ4v) is 3.96. The molecule has 0 aliphatic heterocycles. The van der Waals surface area contributed by atoms with Gasteiger partial charge in [-0.3, -0.25) is 0 Å². The summed E-state index contributed by atoms with van der Waals surface area (Å²) in [5, 5.41) is 14.9. The second-order valence-corrected chi connectivity index (χ2v) is 7.60. The van der Waals surface area contributed by atoms with Crippen molar-refractivity contribution in [1.82, 2.24) is 5.32 Å². The van der Waals surface area contributed by atoms with Crippen LogP contribution in [0.4, 0.5) is 0 Å². The Balaban J connectivity index is 1.78. The summed E-state index contributed by atoms with van der Waals surface area (Å²) in [6.07, 6.45) is 0. The molecule has 0 aromatic heterocycles. The molecule has 2 N–H and O–H groups in total. The van der Waals surface area contributed by atoms with Crippen molar-refractivity contribution in [2.45, 2.75) is 31.9 Å². The molecule has 4 heteroatoms. The van der Waals surface area contributed by atoms with Crippen molar-refractivity contribution in [2.24, 2.45) is 0 Å². The molecular formula is C26H31NO3. The summed E-state index contributed by atoms with van der Waals surface area (Å²) >= 11 is 0. The van der Waals surface area contributed by atoms with Crippen LogP contribution in [0.2, 0.25) is 0 Å². The smallest absolute Gasteiger partial charge is 0.165 e. The monoisotopic (exact) mass is 405 g/mol. The maximum atomic E-state index is 11.5. The fraction of sp³-hybridized carbons (Fsp3) is 0.308. The van der Waals surface area contributed by atoms with Crippen LogP contribution in [0.25, 0.3) is 0 Å². The third kappa shape index (κ3) is 5.21. The molecule has 0 radical (unpaired) electrons. The lowest BCUT2D eigenvalue weighted by Crippen LogP contribution is -2.43. The van der Waals surface area contributed by atoms with Gasteiger partial charge >= 0.3 is 0 Å². The molecule has 0 amide bonds. The lowest BCUT2D eigenvalue weighted by atomic mass is 9.78. The van der Waals surface area contributed by atoms with Crippen LogP contribution < -0.4 is 14.8 Å². The van der Waals surface area contributed by atoms with Gasteiger partial charge in [-0.2, -0.15) is 0 Å². The van der Waals surface area contributed by atoms with Crippen molar-refractivity contribution in [3.05, 3.63) is 95.6 Å². The standard InChI is InChI=1S/C26H31NO3/c1-4-30-23-17-11-16-22(25(23)29-3)18-27-19-26(2,28)24(20-12-7-5-8-13-20)21-14-9-6-10-15-21/h5-17,24,27-28H,4,18-19H2,1-3H3/t26-/m0/s1. The maximum absolute atomic E-state index is 11.5. The Morgan fingerprint density at radius 1 is 0.900 bits per heavy atom. The first-order valence-corrected chi connectivity index (χ1v) is 10.4. The Morgan fingerprint density at radius 2 is 1.50 bits per heavy atom. The number of para-hydroxylation sites is 1. The first kappa shape index (κ1) is 21.9. The number of methoxy groups -OCH3 is 1. The summed E-state index contributed by atoms with van der Waals surface area (Å²) in [4.78, 5) is 0. The van der Waals surface area contributed by atoms with Crippen LogP contribution in [-0.4, -0.2) is 31.0 Å².